The van der Waals surface area contributed by atoms with Crippen LogP contribution in [0.1, 0.15) is 120 Å². The molecule has 9 nitrogen and oxygen atoms in total. The summed E-state index contributed by atoms with van der Waals surface area (Å²) in [6, 6.07) is 2.12. The third-order valence-corrected chi connectivity index (χ3v) is 6.24. The normalized spacial score (nSPS) is 12.5. The van der Waals surface area contributed by atoms with E-state index in [0.29, 0.717) is 6.42 Å². The number of aromatic nitrogens is 1. The zero-order valence-corrected chi connectivity index (χ0v) is 22.3. The molecular formula is C28H45N3O6. The summed E-state index contributed by atoms with van der Waals surface area (Å²) in [6.45, 7) is 2.22. The molecule has 4 N–H and O–H groups in total. The number of hydrogen-bond acceptors (Lipinski definition) is 6. The number of amides is 2. The maximum atomic E-state index is 12.9. The smallest absolute Gasteiger partial charge is 0.328 e. The van der Waals surface area contributed by atoms with Gasteiger partial charge in [0.1, 0.15) is 12.1 Å². The predicted octanol–water partition coefficient (Wildman–Crippen LogP) is 4.92. The summed E-state index contributed by atoms with van der Waals surface area (Å²) in [5, 5.41) is 11.6. The molecule has 0 aliphatic rings. The summed E-state index contributed by atoms with van der Waals surface area (Å²) in [5.74, 6) is -2.77. The lowest BCUT2D eigenvalue weighted by Crippen LogP contribution is -2.43. The highest BCUT2D eigenvalue weighted by Crippen LogP contribution is 2.16. The molecule has 0 aliphatic heterocycles. The lowest BCUT2D eigenvalue weighted by Gasteiger charge is -2.22. The molecule has 0 radical (unpaired) electrons. The molecule has 1 aromatic rings. The Morgan fingerprint density at radius 2 is 1.57 bits per heavy atom. The highest BCUT2D eigenvalue weighted by Gasteiger charge is 2.26. The van der Waals surface area contributed by atoms with E-state index in [9.17, 15) is 19.2 Å². The van der Waals surface area contributed by atoms with Crippen LogP contribution in [0.3, 0.4) is 0 Å². The fourth-order valence-electron chi connectivity index (χ4n) is 4.15. The lowest BCUT2D eigenvalue weighted by molar-refractivity contribution is -0.153. The largest absolute Gasteiger partial charge is 0.481 e. The van der Waals surface area contributed by atoms with E-state index in [0.717, 1.165) is 19.3 Å². The number of hydrogen-bond donors (Lipinski definition) is 3. The molecule has 1 rings (SSSR count). The van der Waals surface area contributed by atoms with Gasteiger partial charge in [-0.3, -0.25) is 19.4 Å². The molecule has 9 heteroatoms. The van der Waals surface area contributed by atoms with Gasteiger partial charge in [0.25, 0.3) is 5.91 Å². The molecular weight excluding hydrogens is 474 g/mol. The van der Waals surface area contributed by atoms with Crippen molar-refractivity contribution in [1.82, 2.24) is 10.3 Å². The monoisotopic (exact) mass is 519 g/mol. The number of nitrogens with zero attached hydrogens (tertiary/aromatic N) is 1. The summed E-state index contributed by atoms with van der Waals surface area (Å²) in [4.78, 5) is 51.9. The Balaban J connectivity index is 2.53. The van der Waals surface area contributed by atoms with Crippen LogP contribution in [0, 0.1) is 0 Å². The minimum absolute atomic E-state index is 0.0953. The van der Waals surface area contributed by atoms with Crippen LogP contribution in [0.5, 0.6) is 0 Å². The van der Waals surface area contributed by atoms with Crippen molar-refractivity contribution in [3.63, 3.8) is 0 Å². The van der Waals surface area contributed by atoms with Gasteiger partial charge in [-0.05, 0) is 37.8 Å². The van der Waals surface area contributed by atoms with E-state index < -0.39 is 35.9 Å². The Labute approximate surface area is 220 Å². The lowest BCUT2D eigenvalue weighted by atomic mass is 10.0. The number of primary amides is 1. The maximum absolute atomic E-state index is 12.9. The molecule has 208 valence electrons. The fraction of sp³-hybridized carbons (Fsp3) is 0.679. The van der Waals surface area contributed by atoms with Crippen LogP contribution >= 0.6 is 0 Å². The number of nitrogens with two attached hydrogens (primary N) is 1. The molecule has 0 spiro atoms. The SMILES string of the molecule is CCCCCCCCCCCCC[C@@H](CC(N)=O)OC(=O)[C@H](CCCC(=O)O)NC(=O)c1cccnc1. The second-order valence-corrected chi connectivity index (χ2v) is 9.61. The van der Waals surface area contributed by atoms with E-state index in [-0.39, 0.29) is 31.2 Å². The van der Waals surface area contributed by atoms with Gasteiger partial charge in [0, 0.05) is 18.8 Å². The Bertz CT molecular complexity index is 802. The Morgan fingerprint density at radius 1 is 0.946 bits per heavy atom. The average molecular weight is 520 g/mol. The first-order chi connectivity index (χ1) is 17.8. The molecule has 0 unspecified atom stereocenters. The van der Waals surface area contributed by atoms with Gasteiger partial charge in [-0.2, -0.15) is 0 Å². The highest BCUT2D eigenvalue weighted by atomic mass is 16.5. The maximum Gasteiger partial charge on any atom is 0.328 e. The molecule has 1 heterocycles. The van der Waals surface area contributed by atoms with Crippen molar-refractivity contribution in [2.24, 2.45) is 5.73 Å². The molecule has 0 aromatic carbocycles. The van der Waals surface area contributed by atoms with Crippen molar-refractivity contribution in [1.29, 1.82) is 0 Å². The van der Waals surface area contributed by atoms with Gasteiger partial charge in [0.2, 0.25) is 5.91 Å². The van der Waals surface area contributed by atoms with Crippen LogP contribution in [0.2, 0.25) is 0 Å². The number of carboxylic acid groups (broad SMARTS) is 1. The number of carbonyl (C=O) groups excluding carboxylic acids is 3. The van der Waals surface area contributed by atoms with Crippen molar-refractivity contribution >= 4 is 23.8 Å². The summed E-state index contributed by atoms with van der Waals surface area (Å²) >= 11 is 0. The number of esters is 1. The first kappa shape index (κ1) is 32.1. The van der Waals surface area contributed by atoms with Crippen molar-refractivity contribution in [3.05, 3.63) is 30.1 Å². The zero-order chi connectivity index (χ0) is 27.3. The number of carboxylic acids is 1. The number of ether oxygens (including phenoxy) is 1. The van der Waals surface area contributed by atoms with E-state index >= 15 is 0 Å². The van der Waals surface area contributed by atoms with Crippen molar-refractivity contribution in [3.8, 4) is 0 Å². The quantitative estimate of drug-likeness (QED) is 0.145. The molecule has 2 amide bonds. The van der Waals surface area contributed by atoms with Crippen LogP contribution in [-0.2, 0) is 19.1 Å². The predicted molar refractivity (Wildman–Crippen MR) is 142 cm³/mol. The summed E-state index contributed by atoms with van der Waals surface area (Å²) in [6.07, 6.45) is 15.8. The number of rotatable bonds is 22. The van der Waals surface area contributed by atoms with Crippen LogP contribution in [0.4, 0.5) is 0 Å². The van der Waals surface area contributed by atoms with Gasteiger partial charge >= 0.3 is 11.9 Å². The minimum Gasteiger partial charge on any atom is -0.481 e. The van der Waals surface area contributed by atoms with Crippen molar-refractivity contribution in [2.45, 2.75) is 122 Å². The van der Waals surface area contributed by atoms with Crippen LogP contribution in [0.15, 0.2) is 24.5 Å². The second kappa shape index (κ2) is 20.1. The first-order valence-corrected chi connectivity index (χ1v) is 13.7. The summed E-state index contributed by atoms with van der Waals surface area (Å²) < 4.78 is 5.59. The minimum atomic E-state index is -1.04. The fourth-order valence-corrected chi connectivity index (χ4v) is 4.15. The highest BCUT2D eigenvalue weighted by molar-refractivity contribution is 5.96. The molecule has 1 aromatic heterocycles. The van der Waals surface area contributed by atoms with E-state index in [1.54, 1.807) is 12.1 Å². The first-order valence-electron chi connectivity index (χ1n) is 13.7. The van der Waals surface area contributed by atoms with Gasteiger partial charge in [-0.1, -0.05) is 71.1 Å². The molecule has 0 aliphatic carbocycles. The summed E-state index contributed by atoms with van der Waals surface area (Å²) in [5.41, 5.74) is 5.64. The number of aliphatic carboxylic acids is 1. The van der Waals surface area contributed by atoms with Gasteiger partial charge in [0.15, 0.2) is 0 Å². The second-order valence-electron chi connectivity index (χ2n) is 9.61. The van der Waals surface area contributed by atoms with Crippen molar-refractivity contribution < 1.29 is 29.0 Å². The Morgan fingerprint density at radius 3 is 2.11 bits per heavy atom. The Hall–Kier alpha value is -2.97. The molecule has 0 bridgehead atoms. The van der Waals surface area contributed by atoms with Crippen LogP contribution in [-0.4, -0.2) is 46.0 Å². The van der Waals surface area contributed by atoms with Gasteiger partial charge in [-0.25, -0.2) is 4.79 Å². The summed E-state index contributed by atoms with van der Waals surface area (Å²) in [7, 11) is 0. The average Bonchev–Trinajstić information content (AvgIpc) is 2.86. The molecule has 0 saturated carbocycles. The van der Waals surface area contributed by atoms with E-state index in [1.807, 2.05) is 0 Å². The van der Waals surface area contributed by atoms with Gasteiger partial charge in [-0.15, -0.1) is 0 Å². The Kier molecular flexibility index (Phi) is 17.4. The van der Waals surface area contributed by atoms with Crippen LogP contribution in [0.25, 0.3) is 0 Å². The number of unbranched alkanes of at least 4 members (excludes halogenated alkanes) is 10. The van der Waals surface area contributed by atoms with E-state index in [4.69, 9.17) is 15.6 Å². The number of nitrogens with one attached hydrogen (secondary N) is 1. The molecule has 0 saturated heterocycles. The van der Waals surface area contributed by atoms with Gasteiger partial charge < -0.3 is 20.9 Å². The van der Waals surface area contributed by atoms with Crippen LogP contribution < -0.4 is 11.1 Å². The third-order valence-electron chi connectivity index (χ3n) is 6.24. The van der Waals surface area contributed by atoms with E-state index in [2.05, 4.69) is 17.2 Å². The third kappa shape index (κ3) is 16.4. The molecule has 0 fully saturated rings. The molecule has 2 atom stereocenters. The number of carbonyl (C=O) groups is 4. The standard InChI is InChI=1S/C28H45N3O6/c1-2-3-4-5-6-7-8-9-10-11-12-16-23(20-25(29)32)37-28(36)24(17-13-18-26(33)34)31-27(35)22-15-14-19-30-21-22/h14-15,19,21,23-24H,2-13,16-18,20H2,1H3,(H2,29,32)(H,31,35)(H,33,34)/t23-,24-/m0/s1. The van der Waals surface area contributed by atoms with E-state index in [1.165, 1.54) is 63.8 Å². The van der Waals surface area contributed by atoms with Crippen molar-refractivity contribution in [2.75, 3.05) is 0 Å². The molecule has 37 heavy (non-hydrogen) atoms. The number of pyridine rings is 1. The zero-order valence-electron chi connectivity index (χ0n) is 22.3. The topological polar surface area (TPSA) is 149 Å². The van der Waals surface area contributed by atoms with Gasteiger partial charge in [0.05, 0.1) is 12.0 Å².